The average Bonchev–Trinajstić information content (AvgIpc) is 2.69. The third-order valence-electron chi connectivity index (χ3n) is 4.42. The minimum atomic E-state index is -3.47. The summed E-state index contributed by atoms with van der Waals surface area (Å²) in [5.74, 6) is 0.635. The summed E-state index contributed by atoms with van der Waals surface area (Å²) in [7, 11) is -0.189. The van der Waals surface area contributed by atoms with E-state index in [9.17, 15) is 8.42 Å². The third-order valence-corrected chi connectivity index (χ3v) is 6.83. The zero-order valence-electron chi connectivity index (χ0n) is 17.0. The van der Waals surface area contributed by atoms with Gasteiger partial charge in [0.05, 0.1) is 4.90 Å². The molecule has 0 amide bonds. The number of sulfonamides is 1. The lowest BCUT2D eigenvalue weighted by molar-refractivity contribution is 0.410. The Bertz CT molecular complexity index is 918. The lowest BCUT2D eigenvalue weighted by Crippen LogP contribution is -2.36. The second-order valence-corrected chi connectivity index (χ2v) is 9.03. The number of rotatable bonds is 7. The van der Waals surface area contributed by atoms with Crippen LogP contribution in [0.1, 0.15) is 25.0 Å². The summed E-state index contributed by atoms with van der Waals surface area (Å²) in [4.78, 5) is 4.48. The number of hydrogen-bond donors (Lipinski definition) is 2. The van der Waals surface area contributed by atoms with E-state index in [1.807, 2.05) is 38.1 Å². The minimum absolute atomic E-state index is 0. The SMILES string of the molecule is CN=C(NCc1ccc(S(=O)(=O)N(C)C(C)C)cc1)NCc1ccccc1Cl.I. The first-order valence-corrected chi connectivity index (χ1v) is 10.8. The summed E-state index contributed by atoms with van der Waals surface area (Å²) in [6.07, 6.45) is 0. The highest BCUT2D eigenvalue weighted by atomic mass is 127. The second kappa shape index (κ2) is 11.7. The van der Waals surface area contributed by atoms with Crippen LogP contribution >= 0.6 is 35.6 Å². The monoisotopic (exact) mass is 550 g/mol. The van der Waals surface area contributed by atoms with E-state index >= 15 is 0 Å². The van der Waals surface area contributed by atoms with E-state index in [1.54, 1.807) is 38.4 Å². The Labute approximate surface area is 195 Å². The first-order chi connectivity index (χ1) is 13.3. The molecule has 0 saturated carbocycles. The van der Waals surface area contributed by atoms with E-state index in [-0.39, 0.29) is 34.9 Å². The molecule has 9 heteroatoms. The van der Waals surface area contributed by atoms with Crippen molar-refractivity contribution in [3.8, 4) is 0 Å². The fraction of sp³-hybridized carbons (Fsp3) is 0.350. The lowest BCUT2D eigenvalue weighted by Gasteiger charge is -2.21. The molecule has 2 aromatic carbocycles. The van der Waals surface area contributed by atoms with E-state index in [2.05, 4.69) is 15.6 Å². The number of benzene rings is 2. The molecule has 0 bridgehead atoms. The van der Waals surface area contributed by atoms with Crippen molar-refractivity contribution in [3.63, 3.8) is 0 Å². The predicted molar refractivity (Wildman–Crippen MR) is 130 cm³/mol. The largest absolute Gasteiger partial charge is 0.352 e. The highest BCUT2D eigenvalue weighted by Crippen LogP contribution is 2.17. The van der Waals surface area contributed by atoms with Crippen molar-refractivity contribution in [1.82, 2.24) is 14.9 Å². The Balaban J connectivity index is 0.00000420. The number of guanidine groups is 1. The van der Waals surface area contributed by atoms with Gasteiger partial charge in [-0.3, -0.25) is 4.99 Å². The highest BCUT2D eigenvalue weighted by Gasteiger charge is 2.22. The van der Waals surface area contributed by atoms with Crippen molar-refractivity contribution >= 4 is 51.6 Å². The van der Waals surface area contributed by atoms with Gasteiger partial charge < -0.3 is 10.6 Å². The Morgan fingerprint density at radius 2 is 1.66 bits per heavy atom. The first-order valence-electron chi connectivity index (χ1n) is 9.00. The van der Waals surface area contributed by atoms with E-state index in [1.165, 1.54) is 4.31 Å². The van der Waals surface area contributed by atoms with Crippen molar-refractivity contribution in [2.24, 2.45) is 4.99 Å². The Hall–Kier alpha value is -1.36. The van der Waals surface area contributed by atoms with Crippen LogP contribution in [0, 0.1) is 0 Å². The molecule has 0 radical (unpaired) electrons. The van der Waals surface area contributed by atoms with Crippen molar-refractivity contribution in [2.45, 2.75) is 37.9 Å². The summed E-state index contributed by atoms with van der Waals surface area (Å²) in [6.45, 7) is 4.76. The molecule has 0 aliphatic rings. The van der Waals surface area contributed by atoms with Crippen LogP contribution in [0.3, 0.4) is 0 Å². The summed E-state index contributed by atoms with van der Waals surface area (Å²) < 4.78 is 26.4. The molecule has 0 atom stereocenters. The smallest absolute Gasteiger partial charge is 0.243 e. The molecule has 6 nitrogen and oxygen atoms in total. The summed E-state index contributed by atoms with van der Waals surface area (Å²) in [6, 6.07) is 14.4. The Morgan fingerprint density at radius 3 is 2.21 bits per heavy atom. The van der Waals surface area contributed by atoms with Gasteiger partial charge in [0.25, 0.3) is 0 Å². The highest BCUT2D eigenvalue weighted by molar-refractivity contribution is 14.0. The van der Waals surface area contributed by atoms with Gasteiger partial charge in [-0.1, -0.05) is 41.9 Å². The van der Waals surface area contributed by atoms with Crippen LogP contribution in [0.4, 0.5) is 0 Å². The summed E-state index contributed by atoms with van der Waals surface area (Å²) in [5, 5.41) is 7.12. The number of hydrogen-bond acceptors (Lipinski definition) is 3. The molecule has 0 aliphatic carbocycles. The normalized spacial score (nSPS) is 12.0. The summed E-state index contributed by atoms with van der Waals surface area (Å²) >= 11 is 6.16. The van der Waals surface area contributed by atoms with Crippen molar-refractivity contribution in [1.29, 1.82) is 0 Å². The Morgan fingerprint density at radius 1 is 1.07 bits per heavy atom. The fourth-order valence-corrected chi connectivity index (χ4v) is 4.02. The van der Waals surface area contributed by atoms with Crippen LogP contribution in [-0.4, -0.2) is 38.8 Å². The molecule has 2 N–H and O–H groups in total. The molecule has 0 unspecified atom stereocenters. The van der Waals surface area contributed by atoms with Crippen LogP contribution in [0.15, 0.2) is 58.4 Å². The van der Waals surface area contributed by atoms with Crippen LogP contribution in [0.5, 0.6) is 0 Å². The number of nitrogens with one attached hydrogen (secondary N) is 2. The van der Waals surface area contributed by atoms with Crippen LogP contribution in [-0.2, 0) is 23.1 Å². The molecule has 2 rings (SSSR count). The fourth-order valence-electron chi connectivity index (χ4n) is 2.45. The van der Waals surface area contributed by atoms with E-state index in [0.717, 1.165) is 11.1 Å². The van der Waals surface area contributed by atoms with E-state index < -0.39 is 10.0 Å². The van der Waals surface area contributed by atoms with Gasteiger partial charge in [-0.15, -0.1) is 24.0 Å². The van der Waals surface area contributed by atoms with Gasteiger partial charge >= 0.3 is 0 Å². The lowest BCUT2D eigenvalue weighted by atomic mass is 10.2. The second-order valence-electron chi connectivity index (χ2n) is 6.63. The maximum Gasteiger partial charge on any atom is 0.243 e. The van der Waals surface area contributed by atoms with Gasteiger partial charge in [-0.05, 0) is 43.2 Å². The number of halogens is 2. The molecule has 2 aromatic rings. The van der Waals surface area contributed by atoms with E-state index in [4.69, 9.17) is 11.6 Å². The number of nitrogens with zero attached hydrogens (tertiary/aromatic N) is 2. The van der Waals surface area contributed by atoms with Crippen molar-refractivity contribution in [2.75, 3.05) is 14.1 Å². The van der Waals surface area contributed by atoms with Gasteiger partial charge in [0, 0.05) is 38.2 Å². The Kier molecular flexibility index (Phi) is 10.4. The molecule has 160 valence electrons. The molecule has 0 fully saturated rings. The summed E-state index contributed by atoms with van der Waals surface area (Å²) in [5.41, 5.74) is 1.93. The first kappa shape index (κ1) is 25.7. The third kappa shape index (κ3) is 7.13. The molecular weight excluding hydrogens is 523 g/mol. The minimum Gasteiger partial charge on any atom is -0.352 e. The molecule has 0 heterocycles. The maximum absolute atomic E-state index is 12.5. The van der Waals surface area contributed by atoms with Crippen molar-refractivity contribution in [3.05, 3.63) is 64.7 Å². The average molecular weight is 551 g/mol. The van der Waals surface area contributed by atoms with Crippen LogP contribution in [0.25, 0.3) is 0 Å². The molecule has 0 spiro atoms. The maximum atomic E-state index is 12.5. The molecule has 0 saturated heterocycles. The molecular formula is C20H28ClIN4O2S. The van der Waals surface area contributed by atoms with Crippen LogP contribution in [0.2, 0.25) is 5.02 Å². The van der Waals surface area contributed by atoms with Gasteiger partial charge in [0.15, 0.2) is 5.96 Å². The topological polar surface area (TPSA) is 73.8 Å². The standard InChI is InChI=1S/C20H27ClN4O2S.HI/c1-15(2)25(4)28(26,27)18-11-9-16(10-12-18)13-23-20(22-3)24-14-17-7-5-6-8-19(17)21;/h5-12,15H,13-14H2,1-4H3,(H2,22,23,24);1H. The van der Waals surface area contributed by atoms with E-state index in [0.29, 0.717) is 24.1 Å². The van der Waals surface area contributed by atoms with Crippen molar-refractivity contribution < 1.29 is 8.42 Å². The zero-order valence-corrected chi connectivity index (χ0v) is 20.9. The van der Waals surface area contributed by atoms with Gasteiger partial charge in [-0.2, -0.15) is 4.31 Å². The quantitative estimate of drug-likeness (QED) is 0.312. The molecule has 0 aliphatic heterocycles. The number of aliphatic imine (C=N–C) groups is 1. The molecule has 0 aromatic heterocycles. The predicted octanol–water partition coefficient (Wildman–Crippen LogP) is 3.85. The molecule has 29 heavy (non-hydrogen) atoms. The van der Waals surface area contributed by atoms with Gasteiger partial charge in [-0.25, -0.2) is 8.42 Å². The van der Waals surface area contributed by atoms with Crippen LogP contribution < -0.4 is 10.6 Å². The van der Waals surface area contributed by atoms with Gasteiger partial charge in [0.1, 0.15) is 0 Å². The van der Waals surface area contributed by atoms with Gasteiger partial charge in [0.2, 0.25) is 10.0 Å². The zero-order chi connectivity index (χ0) is 20.7.